The van der Waals surface area contributed by atoms with Crippen molar-refractivity contribution in [3.63, 3.8) is 0 Å². The standard InChI is InChI=1S/C8H14O3/c1-3-5-6-10-7-8(9)11-4-2/h4H,2-3,5-7H2,1H3. The minimum atomic E-state index is -0.392. The first-order chi connectivity index (χ1) is 5.31. The maximum Gasteiger partial charge on any atom is 0.336 e. The second kappa shape index (κ2) is 7.28. The molecule has 0 radical (unpaired) electrons. The average molecular weight is 158 g/mol. The van der Waals surface area contributed by atoms with Gasteiger partial charge in [0, 0.05) is 6.61 Å². The molecule has 0 bridgehead atoms. The second-order valence-corrected chi connectivity index (χ2v) is 2.06. The quantitative estimate of drug-likeness (QED) is 0.334. The number of rotatable bonds is 6. The number of carbonyl (C=O) groups is 1. The molecule has 3 nitrogen and oxygen atoms in total. The zero-order valence-corrected chi connectivity index (χ0v) is 6.84. The van der Waals surface area contributed by atoms with E-state index in [1.165, 1.54) is 0 Å². The molecule has 0 aliphatic heterocycles. The van der Waals surface area contributed by atoms with Crippen molar-refractivity contribution in [1.82, 2.24) is 0 Å². The Morgan fingerprint density at radius 1 is 1.64 bits per heavy atom. The van der Waals surface area contributed by atoms with Gasteiger partial charge >= 0.3 is 5.97 Å². The predicted molar refractivity (Wildman–Crippen MR) is 42.0 cm³/mol. The molecule has 0 unspecified atom stereocenters. The van der Waals surface area contributed by atoms with Crippen LogP contribution in [0.3, 0.4) is 0 Å². The fraction of sp³-hybridized carbons (Fsp3) is 0.625. The molecule has 0 saturated carbocycles. The minimum absolute atomic E-state index is 0.0199. The number of unbranched alkanes of at least 4 members (excludes halogenated alkanes) is 1. The Balaban J connectivity index is 3.10. The van der Waals surface area contributed by atoms with Crippen molar-refractivity contribution in [3.8, 4) is 0 Å². The second-order valence-electron chi connectivity index (χ2n) is 2.06. The van der Waals surface area contributed by atoms with E-state index < -0.39 is 5.97 Å². The Morgan fingerprint density at radius 3 is 2.91 bits per heavy atom. The molecule has 0 spiro atoms. The fourth-order valence-corrected chi connectivity index (χ4v) is 0.529. The number of ether oxygens (including phenoxy) is 2. The highest BCUT2D eigenvalue weighted by atomic mass is 16.6. The molecule has 0 saturated heterocycles. The molecule has 11 heavy (non-hydrogen) atoms. The van der Waals surface area contributed by atoms with E-state index >= 15 is 0 Å². The van der Waals surface area contributed by atoms with Crippen LogP contribution < -0.4 is 0 Å². The molecule has 0 aliphatic carbocycles. The molecule has 0 N–H and O–H groups in total. The Hall–Kier alpha value is -0.830. The third-order valence-electron chi connectivity index (χ3n) is 1.08. The first kappa shape index (κ1) is 10.2. The highest BCUT2D eigenvalue weighted by molar-refractivity contribution is 5.71. The highest BCUT2D eigenvalue weighted by Gasteiger charge is 1.98. The fourth-order valence-electron chi connectivity index (χ4n) is 0.529. The molecule has 0 fully saturated rings. The lowest BCUT2D eigenvalue weighted by Crippen LogP contribution is -2.10. The topological polar surface area (TPSA) is 35.5 Å². The van der Waals surface area contributed by atoms with Gasteiger partial charge in [0.2, 0.25) is 0 Å². The third-order valence-corrected chi connectivity index (χ3v) is 1.08. The molecule has 0 amide bonds. The van der Waals surface area contributed by atoms with Gasteiger partial charge in [0.05, 0.1) is 6.26 Å². The van der Waals surface area contributed by atoms with Crippen molar-refractivity contribution in [3.05, 3.63) is 12.8 Å². The van der Waals surface area contributed by atoms with Crippen molar-refractivity contribution in [2.75, 3.05) is 13.2 Å². The summed E-state index contributed by atoms with van der Waals surface area (Å²) in [5, 5.41) is 0. The van der Waals surface area contributed by atoms with Gasteiger partial charge in [-0.2, -0.15) is 0 Å². The molecule has 0 atom stereocenters. The van der Waals surface area contributed by atoms with Crippen molar-refractivity contribution in [2.45, 2.75) is 19.8 Å². The summed E-state index contributed by atoms with van der Waals surface area (Å²) in [6, 6.07) is 0. The third kappa shape index (κ3) is 7.06. The smallest absolute Gasteiger partial charge is 0.336 e. The van der Waals surface area contributed by atoms with Crippen LogP contribution in [0.15, 0.2) is 12.8 Å². The summed E-state index contributed by atoms with van der Waals surface area (Å²) in [4.78, 5) is 10.6. The van der Waals surface area contributed by atoms with E-state index in [-0.39, 0.29) is 6.61 Å². The van der Waals surface area contributed by atoms with E-state index in [0.29, 0.717) is 6.61 Å². The maximum atomic E-state index is 10.6. The van der Waals surface area contributed by atoms with Gasteiger partial charge in [0.15, 0.2) is 0 Å². The number of esters is 1. The monoisotopic (exact) mass is 158 g/mol. The Bertz CT molecular complexity index is 121. The van der Waals surface area contributed by atoms with Gasteiger partial charge in [0.25, 0.3) is 0 Å². The first-order valence-corrected chi connectivity index (χ1v) is 3.69. The summed E-state index contributed by atoms with van der Waals surface area (Å²) in [5.41, 5.74) is 0. The molecular weight excluding hydrogens is 144 g/mol. The largest absolute Gasteiger partial charge is 0.433 e. The summed E-state index contributed by atoms with van der Waals surface area (Å²) in [7, 11) is 0. The predicted octanol–water partition coefficient (Wildman–Crippen LogP) is 1.49. The van der Waals surface area contributed by atoms with E-state index in [9.17, 15) is 4.79 Å². The van der Waals surface area contributed by atoms with E-state index in [4.69, 9.17) is 4.74 Å². The van der Waals surface area contributed by atoms with Crippen LogP contribution in [0.5, 0.6) is 0 Å². The molecule has 3 heteroatoms. The van der Waals surface area contributed by atoms with Gasteiger partial charge in [0.1, 0.15) is 6.61 Å². The van der Waals surface area contributed by atoms with Crippen molar-refractivity contribution < 1.29 is 14.3 Å². The Labute approximate surface area is 67.0 Å². The van der Waals surface area contributed by atoms with Gasteiger partial charge in [-0.15, -0.1) is 0 Å². The molecule has 0 aromatic heterocycles. The molecule has 0 heterocycles. The number of hydrogen-bond donors (Lipinski definition) is 0. The lowest BCUT2D eigenvalue weighted by atomic mass is 10.4. The zero-order valence-electron chi connectivity index (χ0n) is 6.84. The summed E-state index contributed by atoms with van der Waals surface area (Å²) in [5.74, 6) is -0.392. The van der Waals surface area contributed by atoms with Crippen molar-refractivity contribution in [1.29, 1.82) is 0 Å². The molecule has 0 aromatic rings. The van der Waals surface area contributed by atoms with Gasteiger partial charge in [-0.3, -0.25) is 0 Å². The van der Waals surface area contributed by atoms with Crippen LogP contribution in [0.2, 0.25) is 0 Å². The van der Waals surface area contributed by atoms with E-state index in [1.807, 2.05) is 0 Å². The van der Waals surface area contributed by atoms with E-state index in [1.54, 1.807) is 0 Å². The molecule has 0 aromatic carbocycles. The van der Waals surface area contributed by atoms with Crippen LogP contribution in [0.4, 0.5) is 0 Å². The first-order valence-electron chi connectivity index (χ1n) is 3.69. The molecule has 0 rings (SSSR count). The minimum Gasteiger partial charge on any atom is -0.433 e. The normalized spacial score (nSPS) is 9.18. The Kier molecular flexibility index (Phi) is 6.73. The summed E-state index contributed by atoms with van der Waals surface area (Å²) < 4.78 is 9.39. The molecule has 64 valence electrons. The van der Waals surface area contributed by atoms with Crippen LogP contribution in [-0.2, 0) is 14.3 Å². The lowest BCUT2D eigenvalue weighted by molar-refractivity contribution is -0.143. The highest BCUT2D eigenvalue weighted by Crippen LogP contribution is 1.88. The molecule has 0 aliphatic rings. The lowest BCUT2D eigenvalue weighted by Gasteiger charge is -2.00. The van der Waals surface area contributed by atoms with Gasteiger partial charge < -0.3 is 9.47 Å². The number of hydrogen-bond acceptors (Lipinski definition) is 3. The van der Waals surface area contributed by atoms with Crippen molar-refractivity contribution in [2.24, 2.45) is 0 Å². The maximum absolute atomic E-state index is 10.6. The van der Waals surface area contributed by atoms with Gasteiger partial charge in [-0.25, -0.2) is 4.79 Å². The van der Waals surface area contributed by atoms with Crippen molar-refractivity contribution >= 4 is 5.97 Å². The van der Waals surface area contributed by atoms with Crippen LogP contribution >= 0.6 is 0 Å². The van der Waals surface area contributed by atoms with Crippen LogP contribution in [0, 0.1) is 0 Å². The summed E-state index contributed by atoms with van der Waals surface area (Å²) in [6.45, 7) is 5.94. The number of carbonyl (C=O) groups excluding carboxylic acids is 1. The zero-order chi connectivity index (χ0) is 8.53. The van der Waals surface area contributed by atoms with Gasteiger partial charge in [-0.1, -0.05) is 19.9 Å². The van der Waals surface area contributed by atoms with Crippen LogP contribution in [0.1, 0.15) is 19.8 Å². The summed E-state index contributed by atoms with van der Waals surface area (Å²) in [6.07, 6.45) is 3.14. The van der Waals surface area contributed by atoms with Gasteiger partial charge in [-0.05, 0) is 6.42 Å². The van der Waals surface area contributed by atoms with E-state index in [0.717, 1.165) is 19.1 Å². The van der Waals surface area contributed by atoms with E-state index in [2.05, 4.69) is 18.2 Å². The summed E-state index contributed by atoms with van der Waals surface area (Å²) >= 11 is 0. The molecular formula is C8H14O3. The Morgan fingerprint density at radius 2 is 2.36 bits per heavy atom. The van der Waals surface area contributed by atoms with Crippen LogP contribution in [-0.4, -0.2) is 19.2 Å². The van der Waals surface area contributed by atoms with Crippen LogP contribution in [0.25, 0.3) is 0 Å². The average Bonchev–Trinajstić information content (AvgIpc) is 1.99. The SMILES string of the molecule is C=COC(=O)COCCCC.